The van der Waals surface area contributed by atoms with Gasteiger partial charge >= 0.3 is 81.9 Å². The fourth-order valence-corrected chi connectivity index (χ4v) is 4.12. The topological polar surface area (TPSA) is 0 Å². The van der Waals surface area contributed by atoms with Crippen molar-refractivity contribution in [1.82, 2.24) is 0 Å². The molecule has 0 unspecified atom stereocenters. The summed E-state index contributed by atoms with van der Waals surface area (Å²) in [5.41, 5.74) is 1.59. The number of hydrogen-bond donors (Lipinski definition) is 0. The van der Waals surface area contributed by atoms with Crippen molar-refractivity contribution in [2.24, 2.45) is 0 Å². The van der Waals surface area contributed by atoms with Crippen LogP contribution in [0.4, 0.5) is 0 Å². The van der Waals surface area contributed by atoms with E-state index in [1.165, 1.54) is 12.2 Å². The molecule has 0 nitrogen and oxygen atoms in total. The Kier molecular flexibility index (Phi) is 3.84. The zero-order chi connectivity index (χ0) is 6.69. The fraction of sp³-hybridized carbons (Fsp3) is 0.333. The van der Waals surface area contributed by atoms with E-state index < -0.39 is 0 Å². The Morgan fingerprint density at radius 3 is 2.56 bits per heavy atom. The van der Waals surface area contributed by atoms with E-state index in [9.17, 15) is 0 Å². The number of allylic oxidation sites excluding steroid dienone is 2. The molecule has 0 N–H and O–H groups in total. The van der Waals surface area contributed by atoms with Gasteiger partial charge in [0.15, 0.2) is 0 Å². The Hall–Kier alpha value is 1.21. The van der Waals surface area contributed by atoms with Crippen LogP contribution in [0, 0.1) is 0 Å². The Morgan fingerprint density at radius 2 is 2.11 bits per heavy atom. The third kappa shape index (κ3) is 2.07. The summed E-state index contributed by atoms with van der Waals surface area (Å²) < 4.78 is 4.61. The van der Waals surface area contributed by atoms with E-state index in [0.29, 0.717) is 0 Å². The van der Waals surface area contributed by atoms with Crippen LogP contribution < -0.4 is 0 Å². The first-order valence-corrected chi connectivity index (χ1v) is 7.02. The van der Waals surface area contributed by atoms with E-state index >= 15 is 0 Å². The molecule has 0 aromatic carbocycles. The van der Waals surface area contributed by atoms with Crippen molar-refractivity contribution >= 4 is 20.6 Å². The molecule has 0 aromatic rings. The molecule has 0 atom stereocenters. The van der Waals surface area contributed by atoms with Crippen molar-refractivity contribution in [2.75, 3.05) is 5.75 Å². The maximum atomic E-state index is 2.31. The second-order valence-corrected chi connectivity index (χ2v) is 4.55. The molecule has 1 aliphatic heterocycles. The first-order chi connectivity index (χ1) is 4.38. The molecule has 9 heavy (non-hydrogen) atoms. The van der Waals surface area contributed by atoms with Crippen molar-refractivity contribution in [1.29, 1.82) is 0 Å². The molecule has 0 saturated heterocycles. The van der Waals surface area contributed by atoms with Gasteiger partial charge in [0.2, 0.25) is 0 Å². The average Bonchev–Trinajstić information content (AvgIpc) is 2.33. The molecule has 0 radical (unpaired) electrons. The zero-order valence-electron chi connectivity index (χ0n) is 4.79. The summed E-state index contributed by atoms with van der Waals surface area (Å²) in [6.45, 7) is 0. The van der Waals surface area contributed by atoms with Gasteiger partial charge in [-0.1, -0.05) is 0 Å². The SMILES string of the molecule is [W]=[CH]C1=C([CH]=[W])SCC1. The summed E-state index contributed by atoms with van der Waals surface area (Å²) in [5.74, 6) is 1.30. The van der Waals surface area contributed by atoms with Crippen LogP contribution in [-0.2, 0) is 38.7 Å². The van der Waals surface area contributed by atoms with Crippen LogP contribution in [0.2, 0.25) is 0 Å². The first kappa shape index (κ1) is 8.30. The second kappa shape index (κ2) is 4.16. The Morgan fingerprint density at radius 1 is 1.33 bits per heavy atom. The number of thioether (sulfide) groups is 1. The molecule has 0 bridgehead atoms. The van der Waals surface area contributed by atoms with Gasteiger partial charge in [0.1, 0.15) is 0 Å². The van der Waals surface area contributed by atoms with Gasteiger partial charge in [0.05, 0.1) is 0 Å². The van der Waals surface area contributed by atoms with E-state index in [1.54, 1.807) is 49.2 Å². The molecule has 1 rings (SSSR count). The molecular formula is C6H6SW2. The fourth-order valence-electron chi connectivity index (χ4n) is 0.714. The van der Waals surface area contributed by atoms with E-state index in [4.69, 9.17) is 0 Å². The predicted octanol–water partition coefficient (Wildman–Crippen LogP) is 1.08. The van der Waals surface area contributed by atoms with Crippen molar-refractivity contribution < 1.29 is 38.7 Å². The zero-order valence-corrected chi connectivity index (χ0v) is 11.5. The quantitative estimate of drug-likeness (QED) is 0.573. The van der Waals surface area contributed by atoms with Gasteiger partial charge in [-0.15, -0.1) is 0 Å². The summed E-state index contributed by atoms with van der Waals surface area (Å²) >= 11 is 5.16. The van der Waals surface area contributed by atoms with Gasteiger partial charge in [-0.05, 0) is 0 Å². The van der Waals surface area contributed by atoms with E-state index in [1.807, 2.05) is 11.8 Å². The molecular weight excluding hydrogens is 472 g/mol. The average molecular weight is 478 g/mol. The second-order valence-electron chi connectivity index (χ2n) is 1.72. The standard InChI is InChI=1S/C6H6S.2W/c1-5-3-4-7-6(5)2;;/h1-2H,3-4H2;;. The third-order valence-corrected chi connectivity index (χ3v) is 4.76. The minimum absolute atomic E-state index is 1.30. The van der Waals surface area contributed by atoms with E-state index in [2.05, 4.69) is 8.80 Å². The molecule has 0 spiro atoms. The summed E-state index contributed by atoms with van der Waals surface area (Å²) in [7, 11) is 0. The predicted molar refractivity (Wildman–Crippen MR) is 36.2 cm³/mol. The van der Waals surface area contributed by atoms with Crippen LogP contribution in [0.25, 0.3) is 0 Å². The van der Waals surface area contributed by atoms with E-state index in [-0.39, 0.29) is 0 Å². The third-order valence-electron chi connectivity index (χ3n) is 1.19. The molecule has 0 saturated carbocycles. The van der Waals surface area contributed by atoms with Crippen molar-refractivity contribution in [2.45, 2.75) is 6.42 Å². The molecule has 48 valence electrons. The van der Waals surface area contributed by atoms with Crippen LogP contribution in [0.15, 0.2) is 10.5 Å². The summed E-state index contributed by atoms with van der Waals surface area (Å²) in [6.07, 6.45) is 1.30. The van der Waals surface area contributed by atoms with Gasteiger partial charge in [-0.3, -0.25) is 0 Å². The molecule has 0 fully saturated rings. The molecule has 0 amide bonds. The first-order valence-electron chi connectivity index (χ1n) is 2.65. The Balaban J connectivity index is 2.81. The molecule has 3 heteroatoms. The van der Waals surface area contributed by atoms with Crippen molar-refractivity contribution in [3.8, 4) is 0 Å². The van der Waals surface area contributed by atoms with E-state index in [0.717, 1.165) is 0 Å². The maximum absolute atomic E-state index is 2.31. The normalized spacial score (nSPS) is 18.2. The monoisotopic (exact) mass is 478 g/mol. The Bertz CT molecular complexity index is 154. The van der Waals surface area contributed by atoms with Crippen LogP contribution in [0.3, 0.4) is 0 Å². The molecule has 1 aliphatic rings. The van der Waals surface area contributed by atoms with Crippen molar-refractivity contribution in [3.05, 3.63) is 10.5 Å². The van der Waals surface area contributed by atoms with Gasteiger partial charge in [0.25, 0.3) is 0 Å². The number of hydrogen-bond acceptors (Lipinski definition) is 1. The van der Waals surface area contributed by atoms with Gasteiger partial charge in [-0.2, -0.15) is 0 Å². The summed E-state index contributed by atoms with van der Waals surface area (Å²) in [6, 6.07) is 0. The Labute approximate surface area is 81.3 Å². The van der Waals surface area contributed by atoms with Crippen molar-refractivity contribution in [3.63, 3.8) is 0 Å². The molecule has 1 heterocycles. The van der Waals surface area contributed by atoms with Gasteiger partial charge in [0, 0.05) is 0 Å². The minimum atomic E-state index is 1.30. The summed E-state index contributed by atoms with van der Waals surface area (Å²) in [5, 5.41) is 0. The van der Waals surface area contributed by atoms with Gasteiger partial charge < -0.3 is 0 Å². The van der Waals surface area contributed by atoms with Crippen LogP contribution in [0.5, 0.6) is 0 Å². The molecule has 0 aliphatic carbocycles. The summed E-state index contributed by atoms with van der Waals surface area (Å²) in [4.78, 5) is 1.54. The van der Waals surface area contributed by atoms with Crippen LogP contribution >= 0.6 is 11.8 Å². The molecule has 0 aromatic heterocycles. The number of rotatable bonds is 2. The van der Waals surface area contributed by atoms with Gasteiger partial charge in [-0.25, -0.2) is 0 Å². The van der Waals surface area contributed by atoms with Crippen LogP contribution in [0.1, 0.15) is 6.42 Å². The van der Waals surface area contributed by atoms with Crippen LogP contribution in [-0.4, -0.2) is 14.6 Å².